The molecule has 27 heavy (non-hydrogen) atoms. The molecule has 0 saturated carbocycles. The van der Waals surface area contributed by atoms with Gasteiger partial charge in [0.25, 0.3) is 5.91 Å². The van der Waals surface area contributed by atoms with E-state index in [0.29, 0.717) is 18.9 Å². The lowest BCUT2D eigenvalue weighted by Crippen LogP contribution is -2.48. The van der Waals surface area contributed by atoms with E-state index in [4.69, 9.17) is 4.42 Å². The van der Waals surface area contributed by atoms with E-state index in [9.17, 15) is 9.59 Å². The quantitative estimate of drug-likeness (QED) is 0.644. The third-order valence-electron chi connectivity index (χ3n) is 4.66. The predicted molar refractivity (Wildman–Crippen MR) is 106 cm³/mol. The predicted octanol–water partition coefficient (Wildman–Crippen LogP) is 2.16. The number of rotatable bonds is 8. The van der Waals surface area contributed by atoms with Gasteiger partial charge in [-0.3, -0.25) is 9.59 Å². The first-order valence-corrected chi connectivity index (χ1v) is 9.09. The van der Waals surface area contributed by atoms with Crippen LogP contribution in [0.3, 0.4) is 0 Å². The fourth-order valence-corrected chi connectivity index (χ4v) is 3.18. The van der Waals surface area contributed by atoms with Crippen molar-refractivity contribution in [2.24, 2.45) is 5.92 Å². The van der Waals surface area contributed by atoms with E-state index in [1.807, 2.05) is 30.3 Å². The van der Waals surface area contributed by atoms with Crippen molar-refractivity contribution in [2.45, 2.75) is 25.3 Å². The molecule has 0 radical (unpaired) electrons. The summed E-state index contributed by atoms with van der Waals surface area (Å²) in [5, 5.41) is 9.09. The van der Waals surface area contributed by atoms with Crippen molar-refractivity contribution in [3.63, 3.8) is 0 Å². The van der Waals surface area contributed by atoms with Crippen LogP contribution in [0.15, 0.2) is 53.1 Å². The minimum Gasteiger partial charge on any atom is -0.459 e. The van der Waals surface area contributed by atoms with Gasteiger partial charge in [-0.1, -0.05) is 30.3 Å². The van der Waals surface area contributed by atoms with E-state index >= 15 is 0 Å². The molecule has 1 aliphatic heterocycles. The molecule has 2 heterocycles. The molecular weight excluding hydrogens is 366 g/mol. The lowest BCUT2D eigenvalue weighted by molar-refractivity contribution is -0.123. The summed E-state index contributed by atoms with van der Waals surface area (Å²) in [6, 6.07) is 12.3. The van der Waals surface area contributed by atoms with E-state index in [1.165, 1.54) is 6.26 Å². The summed E-state index contributed by atoms with van der Waals surface area (Å²) in [7, 11) is 0. The van der Waals surface area contributed by atoms with Gasteiger partial charge in [0.15, 0.2) is 5.76 Å². The van der Waals surface area contributed by atoms with Gasteiger partial charge in [-0.15, -0.1) is 12.4 Å². The Kier molecular flexibility index (Phi) is 8.36. The highest BCUT2D eigenvalue weighted by molar-refractivity contribution is 5.95. The maximum absolute atomic E-state index is 12.7. The first-order valence-electron chi connectivity index (χ1n) is 9.09. The fourth-order valence-electron chi connectivity index (χ4n) is 3.18. The van der Waals surface area contributed by atoms with Gasteiger partial charge in [-0.2, -0.15) is 0 Å². The zero-order chi connectivity index (χ0) is 18.2. The van der Waals surface area contributed by atoms with Crippen LogP contribution in [0.25, 0.3) is 0 Å². The van der Waals surface area contributed by atoms with Crippen molar-refractivity contribution < 1.29 is 14.0 Å². The van der Waals surface area contributed by atoms with Gasteiger partial charge in [0.05, 0.1) is 6.26 Å². The fraction of sp³-hybridized carbons (Fsp3) is 0.400. The lowest BCUT2D eigenvalue weighted by atomic mass is 10.0. The van der Waals surface area contributed by atoms with E-state index < -0.39 is 6.04 Å². The Balaban J connectivity index is 0.00000261. The van der Waals surface area contributed by atoms with Crippen LogP contribution in [-0.2, 0) is 11.2 Å². The molecule has 6 nitrogen and oxygen atoms in total. The normalized spacial score (nSPS) is 17.0. The Morgan fingerprint density at radius 2 is 2.00 bits per heavy atom. The van der Waals surface area contributed by atoms with Crippen molar-refractivity contribution in [2.75, 3.05) is 19.6 Å². The van der Waals surface area contributed by atoms with Gasteiger partial charge in [0.1, 0.15) is 6.04 Å². The molecule has 1 aliphatic rings. The summed E-state index contributed by atoms with van der Waals surface area (Å²) < 4.78 is 5.12. The number of hydrogen-bond donors (Lipinski definition) is 3. The molecule has 1 fully saturated rings. The Morgan fingerprint density at radius 1 is 1.19 bits per heavy atom. The maximum Gasteiger partial charge on any atom is 0.287 e. The van der Waals surface area contributed by atoms with E-state index in [2.05, 4.69) is 16.0 Å². The van der Waals surface area contributed by atoms with Crippen molar-refractivity contribution in [1.82, 2.24) is 16.0 Å². The SMILES string of the molecule is Cl.O=C(NC(Cc1ccccc1)C(=O)NCCC1CCNC1)c1ccco1. The van der Waals surface area contributed by atoms with Crippen molar-refractivity contribution in [1.29, 1.82) is 0 Å². The second kappa shape index (κ2) is 10.7. The first-order chi connectivity index (χ1) is 12.7. The molecule has 2 amide bonds. The third kappa shape index (κ3) is 6.41. The molecule has 1 aromatic carbocycles. The Bertz CT molecular complexity index is 701. The number of hydrogen-bond acceptors (Lipinski definition) is 4. The molecule has 3 N–H and O–H groups in total. The summed E-state index contributed by atoms with van der Waals surface area (Å²) in [4.78, 5) is 25.0. The van der Waals surface area contributed by atoms with Crippen LogP contribution >= 0.6 is 12.4 Å². The van der Waals surface area contributed by atoms with Gasteiger partial charge in [0.2, 0.25) is 5.91 Å². The Labute approximate surface area is 165 Å². The Morgan fingerprint density at radius 3 is 2.67 bits per heavy atom. The number of halogens is 1. The number of furan rings is 1. The van der Waals surface area contributed by atoms with Crippen LogP contribution in [0.1, 0.15) is 29.0 Å². The summed E-state index contributed by atoms with van der Waals surface area (Å²) in [6.07, 6.45) is 3.97. The molecule has 146 valence electrons. The highest BCUT2D eigenvalue weighted by atomic mass is 35.5. The van der Waals surface area contributed by atoms with Crippen LogP contribution in [-0.4, -0.2) is 37.5 Å². The van der Waals surface area contributed by atoms with Crippen LogP contribution in [0.5, 0.6) is 0 Å². The number of nitrogens with one attached hydrogen (secondary N) is 3. The van der Waals surface area contributed by atoms with Gasteiger partial charge in [-0.25, -0.2) is 0 Å². The molecule has 2 unspecified atom stereocenters. The largest absolute Gasteiger partial charge is 0.459 e. The number of amides is 2. The minimum absolute atomic E-state index is 0. The van der Waals surface area contributed by atoms with Gasteiger partial charge < -0.3 is 20.4 Å². The van der Waals surface area contributed by atoms with E-state index in [0.717, 1.165) is 31.5 Å². The topological polar surface area (TPSA) is 83.4 Å². The average molecular weight is 392 g/mol. The molecule has 7 heteroatoms. The minimum atomic E-state index is -0.642. The van der Waals surface area contributed by atoms with Crippen LogP contribution in [0.4, 0.5) is 0 Å². The molecular formula is C20H26ClN3O3. The number of carbonyl (C=O) groups excluding carboxylic acids is 2. The van der Waals surface area contributed by atoms with Crippen molar-refractivity contribution in [3.05, 3.63) is 60.1 Å². The molecule has 0 bridgehead atoms. The highest BCUT2D eigenvalue weighted by Gasteiger charge is 2.23. The number of benzene rings is 1. The molecule has 3 rings (SSSR count). The second-order valence-electron chi connectivity index (χ2n) is 6.63. The summed E-state index contributed by atoms with van der Waals surface area (Å²) >= 11 is 0. The highest BCUT2D eigenvalue weighted by Crippen LogP contribution is 2.11. The summed E-state index contributed by atoms with van der Waals surface area (Å²) in [6.45, 7) is 2.68. The third-order valence-corrected chi connectivity index (χ3v) is 4.66. The Hall–Kier alpha value is -2.31. The zero-order valence-corrected chi connectivity index (χ0v) is 16.0. The first kappa shape index (κ1) is 21.0. The lowest BCUT2D eigenvalue weighted by Gasteiger charge is -2.19. The van der Waals surface area contributed by atoms with E-state index in [1.54, 1.807) is 12.1 Å². The van der Waals surface area contributed by atoms with Crippen molar-refractivity contribution in [3.8, 4) is 0 Å². The molecule has 2 aromatic rings. The molecule has 0 aliphatic carbocycles. The average Bonchev–Trinajstić information content (AvgIpc) is 3.36. The van der Waals surface area contributed by atoms with Gasteiger partial charge in [0, 0.05) is 13.0 Å². The smallest absolute Gasteiger partial charge is 0.287 e. The molecule has 0 spiro atoms. The maximum atomic E-state index is 12.7. The van der Waals surface area contributed by atoms with E-state index in [-0.39, 0.29) is 30.0 Å². The van der Waals surface area contributed by atoms with Crippen LogP contribution in [0, 0.1) is 5.92 Å². The van der Waals surface area contributed by atoms with Crippen LogP contribution < -0.4 is 16.0 Å². The zero-order valence-electron chi connectivity index (χ0n) is 15.1. The number of carbonyl (C=O) groups is 2. The standard InChI is InChI=1S/C20H25N3O3.ClH/c24-19(22-11-9-16-8-10-21-14-16)17(13-15-5-2-1-3-6-15)23-20(25)18-7-4-12-26-18;/h1-7,12,16-17,21H,8-11,13-14H2,(H,22,24)(H,23,25);1H. The molecule has 2 atom stereocenters. The summed E-state index contributed by atoms with van der Waals surface area (Å²) in [5.41, 5.74) is 0.993. The molecule has 1 aromatic heterocycles. The second-order valence-corrected chi connectivity index (χ2v) is 6.63. The molecule has 1 saturated heterocycles. The van der Waals surface area contributed by atoms with Crippen LogP contribution in [0.2, 0.25) is 0 Å². The van der Waals surface area contributed by atoms with Gasteiger partial charge in [-0.05, 0) is 49.5 Å². The summed E-state index contributed by atoms with van der Waals surface area (Å²) in [5.74, 6) is 0.263. The monoisotopic (exact) mass is 391 g/mol. The van der Waals surface area contributed by atoms with Crippen molar-refractivity contribution >= 4 is 24.2 Å². The van der Waals surface area contributed by atoms with Gasteiger partial charge >= 0.3 is 0 Å².